The number of ether oxygens (including phenoxy) is 2. The summed E-state index contributed by atoms with van der Waals surface area (Å²) in [6, 6.07) is 15.0. The van der Waals surface area contributed by atoms with Gasteiger partial charge in [-0.15, -0.1) is 0 Å². The standard InChI is InChI=1S/C26H29ClN4O8/c1-15(2)23(28)26(36)38-14-37-22-11-21(39-30-22)24(33)29-31(13-20(32)25(34)35)12-16-6-8-17(9-7-16)18-4-3-5-19(27)10-18/h3-11,15,20,23,32H,12-14,28H2,1-2H3,(H,29,33)(H,34,35)/t20-,23+/m1/s1. The van der Waals surface area contributed by atoms with Gasteiger partial charge in [0.05, 0.1) is 12.6 Å². The van der Waals surface area contributed by atoms with Crippen LogP contribution in [0.2, 0.25) is 5.02 Å². The predicted molar refractivity (Wildman–Crippen MR) is 139 cm³/mol. The molecule has 208 valence electrons. The quantitative estimate of drug-likeness (QED) is 0.137. The highest BCUT2D eigenvalue weighted by atomic mass is 35.5. The van der Waals surface area contributed by atoms with Crippen LogP contribution in [0.25, 0.3) is 11.1 Å². The van der Waals surface area contributed by atoms with Crippen LogP contribution in [-0.2, 0) is 20.9 Å². The van der Waals surface area contributed by atoms with Crippen molar-refractivity contribution < 1.29 is 38.6 Å². The van der Waals surface area contributed by atoms with Gasteiger partial charge in [-0.1, -0.05) is 61.8 Å². The van der Waals surface area contributed by atoms with Gasteiger partial charge in [0.15, 0.2) is 6.10 Å². The highest BCUT2D eigenvalue weighted by Gasteiger charge is 2.23. The number of nitrogens with two attached hydrogens (primary N) is 1. The molecule has 0 aliphatic rings. The molecule has 3 rings (SSSR count). The molecule has 0 spiro atoms. The zero-order valence-electron chi connectivity index (χ0n) is 21.2. The van der Waals surface area contributed by atoms with Crippen molar-refractivity contribution in [2.45, 2.75) is 32.5 Å². The maximum absolute atomic E-state index is 12.7. The molecule has 39 heavy (non-hydrogen) atoms. The SMILES string of the molecule is CC(C)[C@H](N)C(=O)OCOc1cc(C(=O)NN(Cc2ccc(-c3cccc(Cl)c3)cc2)C[C@@H](O)C(=O)O)on1. The van der Waals surface area contributed by atoms with E-state index < -0.39 is 43.3 Å². The van der Waals surface area contributed by atoms with Crippen molar-refractivity contribution in [2.75, 3.05) is 13.3 Å². The number of aromatic nitrogens is 1. The zero-order chi connectivity index (χ0) is 28.5. The van der Waals surface area contributed by atoms with E-state index in [1.54, 1.807) is 32.0 Å². The van der Waals surface area contributed by atoms with Crippen LogP contribution in [0, 0.1) is 5.92 Å². The fourth-order valence-electron chi connectivity index (χ4n) is 3.28. The Morgan fingerprint density at radius 3 is 2.49 bits per heavy atom. The van der Waals surface area contributed by atoms with E-state index in [9.17, 15) is 19.5 Å². The van der Waals surface area contributed by atoms with E-state index in [4.69, 9.17) is 36.4 Å². The lowest BCUT2D eigenvalue weighted by Gasteiger charge is -2.24. The number of aliphatic hydroxyl groups excluding tert-OH is 1. The lowest BCUT2D eigenvalue weighted by Crippen LogP contribution is -2.47. The molecule has 1 aromatic heterocycles. The first-order valence-corrected chi connectivity index (χ1v) is 12.2. The fraction of sp³-hybridized carbons (Fsp3) is 0.308. The normalized spacial score (nSPS) is 12.7. The van der Waals surface area contributed by atoms with Crippen LogP contribution in [0.1, 0.15) is 30.0 Å². The van der Waals surface area contributed by atoms with E-state index in [0.29, 0.717) is 5.02 Å². The molecule has 1 amide bonds. The van der Waals surface area contributed by atoms with Gasteiger partial charge in [-0.05, 0) is 39.9 Å². The summed E-state index contributed by atoms with van der Waals surface area (Å²) in [6.45, 7) is 2.69. The minimum Gasteiger partial charge on any atom is -0.479 e. The molecule has 12 nitrogen and oxygen atoms in total. The fourth-order valence-corrected chi connectivity index (χ4v) is 3.47. The van der Waals surface area contributed by atoms with E-state index in [1.165, 1.54) is 5.01 Å². The second-order valence-corrected chi connectivity index (χ2v) is 9.34. The lowest BCUT2D eigenvalue weighted by molar-refractivity contribution is -0.153. The first kappa shape index (κ1) is 29.6. The van der Waals surface area contributed by atoms with Gasteiger partial charge in [0.25, 0.3) is 5.88 Å². The summed E-state index contributed by atoms with van der Waals surface area (Å²) >= 11 is 6.07. The summed E-state index contributed by atoms with van der Waals surface area (Å²) in [5, 5.41) is 24.4. The zero-order valence-corrected chi connectivity index (χ0v) is 22.0. The van der Waals surface area contributed by atoms with E-state index in [-0.39, 0.29) is 24.1 Å². The topological polar surface area (TPSA) is 177 Å². The number of amides is 1. The minimum atomic E-state index is -1.77. The molecule has 0 bridgehead atoms. The lowest BCUT2D eigenvalue weighted by atomic mass is 10.0. The van der Waals surface area contributed by atoms with Gasteiger partial charge in [0.1, 0.15) is 6.04 Å². The van der Waals surface area contributed by atoms with Crippen molar-refractivity contribution in [1.82, 2.24) is 15.6 Å². The number of hydrogen-bond donors (Lipinski definition) is 4. The number of halogens is 1. The van der Waals surface area contributed by atoms with Crippen molar-refractivity contribution in [1.29, 1.82) is 0 Å². The number of carbonyl (C=O) groups is 3. The summed E-state index contributed by atoms with van der Waals surface area (Å²) < 4.78 is 15.1. The number of carbonyl (C=O) groups excluding carboxylic acids is 2. The molecule has 13 heteroatoms. The second-order valence-electron chi connectivity index (χ2n) is 8.91. The number of carboxylic acid groups (broad SMARTS) is 1. The molecule has 0 aliphatic heterocycles. The smallest absolute Gasteiger partial charge is 0.333 e. The molecule has 0 radical (unpaired) electrons. The number of nitrogens with one attached hydrogen (secondary N) is 1. The van der Waals surface area contributed by atoms with Crippen molar-refractivity contribution in [3.05, 3.63) is 70.9 Å². The number of hydrogen-bond acceptors (Lipinski definition) is 10. The van der Waals surface area contributed by atoms with Crippen LogP contribution in [0.5, 0.6) is 5.88 Å². The molecule has 0 unspecified atom stereocenters. The van der Waals surface area contributed by atoms with Crippen molar-refractivity contribution in [3.63, 3.8) is 0 Å². The molecule has 1 heterocycles. The van der Waals surface area contributed by atoms with Gasteiger partial charge in [-0.25, -0.2) is 9.80 Å². The molecule has 5 N–H and O–H groups in total. The van der Waals surface area contributed by atoms with Crippen LogP contribution in [-0.4, -0.2) is 63.7 Å². The highest BCUT2D eigenvalue weighted by Crippen LogP contribution is 2.23. The maximum Gasteiger partial charge on any atom is 0.333 e. The average molecular weight is 561 g/mol. The van der Waals surface area contributed by atoms with Crippen LogP contribution < -0.4 is 15.9 Å². The van der Waals surface area contributed by atoms with Crippen molar-refractivity contribution in [2.24, 2.45) is 11.7 Å². The Bertz CT molecular complexity index is 1280. The third-order valence-corrected chi connectivity index (χ3v) is 5.77. The van der Waals surface area contributed by atoms with Crippen LogP contribution in [0.15, 0.2) is 59.1 Å². The summed E-state index contributed by atoms with van der Waals surface area (Å²) in [6.07, 6.45) is -1.77. The first-order valence-electron chi connectivity index (χ1n) is 11.9. The third-order valence-electron chi connectivity index (χ3n) is 5.53. The molecular formula is C26H29ClN4O8. The largest absolute Gasteiger partial charge is 0.479 e. The van der Waals surface area contributed by atoms with Crippen LogP contribution >= 0.6 is 11.6 Å². The van der Waals surface area contributed by atoms with Crippen molar-refractivity contribution >= 4 is 29.4 Å². The average Bonchev–Trinajstić information content (AvgIpc) is 3.37. The number of hydrazine groups is 1. The molecule has 2 aromatic carbocycles. The summed E-state index contributed by atoms with van der Waals surface area (Å²) in [4.78, 5) is 35.7. The van der Waals surface area contributed by atoms with E-state index in [0.717, 1.165) is 22.8 Å². The first-order chi connectivity index (χ1) is 18.5. The van der Waals surface area contributed by atoms with Crippen LogP contribution in [0.3, 0.4) is 0 Å². The Morgan fingerprint density at radius 2 is 1.85 bits per heavy atom. The number of rotatable bonds is 13. The molecule has 0 aliphatic carbocycles. The molecule has 3 aromatic rings. The van der Waals surface area contributed by atoms with Gasteiger partial charge in [-0.3, -0.25) is 15.0 Å². The Labute approximate surface area is 229 Å². The molecule has 0 saturated carbocycles. The van der Waals surface area contributed by atoms with E-state index in [1.807, 2.05) is 30.3 Å². The predicted octanol–water partition coefficient (Wildman–Crippen LogP) is 2.45. The van der Waals surface area contributed by atoms with E-state index >= 15 is 0 Å². The molecular weight excluding hydrogens is 532 g/mol. The molecule has 2 atom stereocenters. The van der Waals surface area contributed by atoms with Crippen LogP contribution in [0.4, 0.5) is 0 Å². The third kappa shape index (κ3) is 8.79. The van der Waals surface area contributed by atoms with Gasteiger partial charge in [0, 0.05) is 11.6 Å². The van der Waals surface area contributed by atoms with Gasteiger partial charge in [-0.2, -0.15) is 0 Å². The molecule has 0 saturated heterocycles. The molecule has 0 fully saturated rings. The van der Waals surface area contributed by atoms with Gasteiger partial charge >= 0.3 is 17.8 Å². The van der Waals surface area contributed by atoms with Crippen molar-refractivity contribution in [3.8, 4) is 17.0 Å². The Kier molecular flexibility index (Phi) is 10.4. The van der Waals surface area contributed by atoms with E-state index in [2.05, 4.69) is 10.6 Å². The van der Waals surface area contributed by atoms with Gasteiger partial charge < -0.3 is 29.9 Å². The maximum atomic E-state index is 12.7. The number of esters is 1. The van der Waals surface area contributed by atoms with Gasteiger partial charge in [0.2, 0.25) is 12.6 Å². The summed E-state index contributed by atoms with van der Waals surface area (Å²) in [5.74, 6) is -3.39. The Morgan fingerprint density at radius 1 is 1.13 bits per heavy atom. The minimum absolute atomic E-state index is 0.0649. The number of aliphatic carboxylic acids is 1. The number of nitrogens with zero attached hydrogens (tertiary/aromatic N) is 2. The monoisotopic (exact) mass is 560 g/mol. The Balaban J connectivity index is 1.63. The second kappa shape index (κ2) is 13.7. The Hall–Kier alpha value is -3.97. The number of benzene rings is 2. The number of carboxylic acids is 1. The highest BCUT2D eigenvalue weighted by molar-refractivity contribution is 6.30. The number of aliphatic hydroxyl groups is 1. The summed E-state index contributed by atoms with van der Waals surface area (Å²) in [7, 11) is 0. The summed E-state index contributed by atoms with van der Waals surface area (Å²) in [5.41, 5.74) is 10.7.